The molecule has 1 aromatic heterocycles. The van der Waals surface area contributed by atoms with Crippen LogP contribution < -0.4 is 14.8 Å². The van der Waals surface area contributed by atoms with Crippen molar-refractivity contribution in [1.29, 1.82) is 0 Å². The first kappa shape index (κ1) is 22.7. The molecule has 0 unspecified atom stereocenters. The molecule has 1 aliphatic carbocycles. The van der Waals surface area contributed by atoms with E-state index in [4.69, 9.17) is 9.47 Å². The van der Waals surface area contributed by atoms with E-state index in [1.54, 1.807) is 18.3 Å². The lowest BCUT2D eigenvalue weighted by Gasteiger charge is -2.25. The number of hydrogen-bond donors (Lipinski definition) is 1. The van der Waals surface area contributed by atoms with Gasteiger partial charge in [-0.05, 0) is 37.1 Å². The molecule has 1 saturated heterocycles. The minimum atomic E-state index is -0.365. The van der Waals surface area contributed by atoms with Crippen molar-refractivity contribution in [3.63, 3.8) is 0 Å². The number of halogens is 1. The van der Waals surface area contributed by atoms with E-state index in [0.717, 1.165) is 48.6 Å². The lowest BCUT2D eigenvalue weighted by molar-refractivity contribution is 0.222. The predicted octanol–water partition coefficient (Wildman–Crippen LogP) is 5.54. The fourth-order valence-corrected chi connectivity index (χ4v) is 5.06. The van der Waals surface area contributed by atoms with Gasteiger partial charge in [-0.25, -0.2) is 9.37 Å². The minimum absolute atomic E-state index is 0.150. The van der Waals surface area contributed by atoms with Crippen molar-refractivity contribution in [1.82, 2.24) is 14.9 Å². The maximum atomic E-state index is 14.9. The van der Waals surface area contributed by atoms with Gasteiger partial charge in [0.2, 0.25) is 11.8 Å². The maximum absolute atomic E-state index is 14.9. The van der Waals surface area contributed by atoms with Crippen LogP contribution >= 0.6 is 11.8 Å². The average molecular weight is 479 g/mol. The third kappa shape index (κ3) is 5.51. The van der Waals surface area contributed by atoms with Crippen molar-refractivity contribution < 1.29 is 13.9 Å². The Morgan fingerprint density at radius 2 is 2.03 bits per heavy atom. The van der Waals surface area contributed by atoms with Crippen LogP contribution in [0.25, 0.3) is 6.08 Å². The lowest BCUT2D eigenvalue weighted by Crippen LogP contribution is -2.35. The molecule has 0 amide bonds. The van der Waals surface area contributed by atoms with E-state index in [1.165, 1.54) is 11.5 Å². The summed E-state index contributed by atoms with van der Waals surface area (Å²) in [5.41, 5.74) is 3.51. The smallest absolute Gasteiger partial charge is 0.230 e. The monoisotopic (exact) mass is 478 g/mol. The van der Waals surface area contributed by atoms with Crippen molar-refractivity contribution in [2.45, 2.75) is 13.3 Å². The van der Waals surface area contributed by atoms with Crippen LogP contribution in [0, 0.1) is 5.82 Å². The molecule has 176 valence electrons. The fourth-order valence-electron chi connectivity index (χ4n) is 4.08. The van der Waals surface area contributed by atoms with Gasteiger partial charge in [0.15, 0.2) is 11.6 Å². The molecule has 0 spiro atoms. The number of ether oxygens (including phenoxy) is 2. The summed E-state index contributed by atoms with van der Waals surface area (Å²) in [6, 6.07) is 12.8. The number of rotatable bonds is 8. The third-order valence-electron chi connectivity index (χ3n) is 5.81. The van der Waals surface area contributed by atoms with Crippen LogP contribution in [0.3, 0.4) is 0 Å². The molecule has 1 fully saturated rings. The zero-order chi connectivity index (χ0) is 23.3. The fraction of sp³-hybridized carbons (Fsp3) is 0.308. The van der Waals surface area contributed by atoms with E-state index in [1.807, 2.05) is 55.1 Å². The highest BCUT2D eigenvalue weighted by atomic mass is 32.2. The van der Waals surface area contributed by atoms with Crippen LogP contribution in [0.4, 0.5) is 16.0 Å². The summed E-state index contributed by atoms with van der Waals surface area (Å²) in [7, 11) is 0. The molecule has 8 heteroatoms. The molecule has 6 nitrogen and oxygen atoms in total. The van der Waals surface area contributed by atoms with Crippen molar-refractivity contribution >= 4 is 29.5 Å². The second kappa shape index (κ2) is 10.4. The molecule has 0 saturated carbocycles. The molecule has 2 heterocycles. The molecule has 1 N–H and O–H groups in total. The molecule has 0 atom stereocenters. The average Bonchev–Trinajstić information content (AvgIpc) is 3.23. The van der Waals surface area contributed by atoms with E-state index in [0.29, 0.717) is 18.1 Å². The standard InChI is InChI=1S/C26H27FN4O2S/c1-18-15-19-5-6-23(25(27)22(19)16-18)33-24-7-8-28-26(30-24)29-20-3-2-4-21(17-20)32-12-9-31-10-13-34-14-11-31/h2-8,16-17H,9-15H2,1H3,(H,28,29,30). The molecule has 34 heavy (non-hydrogen) atoms. The largest absolute Gasteiger partial charge is 0.492 e. The quantitative estimate of drug-likeness (QED) is 0.456. The normalized spacial score (nSPS) is 15.5. The van der Waals surface area contributed by atoms with Crippen molar-refractivity contribution in [2.75, 3.05) is 43.1 Å². The minimum Gasteiger partial charge on any atom is -0.492 e. The van der Waals surface area contributed by atoms with Gasteiger partial charge in [-0.3, -0.25) is 4.90 Å². The molecular formula is C26H27FN4O2S. The predicted molar refractivity (Wildman–Crippen MR) is 135 cm³/mol. The third-order valence-corrected chi connectivity index (χ3v) is 6.75. The Kier molecular flexibility index (Phi) is 6.97. The van der Waals surface area contributed by atoms with Crippen LogP contribution in [-0.4, -0.2) is 52.6 Å². The Labute approximate surface area is 203 Å². The van der Waals surface area contributed by atoms with E-state index in [2.05, 4.69) is 20.2 Å². The topological polar surface area (TPSA) is 59.5 Å². The second-order valence-corrected chi connectivity index (χ2v) is 9.62. The van der Waals surface area contributed by atoms with Crippen LogP contribution in [0.2, 0.25) is 0 Å². The second-order valence-electron chi connectivity index (χ2n) is 8.39. The molecular weight excluding hydrogens is 451 g/mol. The highest BCUT2D eigenvalue weighted by molar-refractivity contribution is 7.99. The number of benzene rings is 2. The Balaban J connectivity index is 1.21. The zero-order valence-corrected chi connectivity index (χ0v) is 19.9. The SMILES string of the molecule is CC1=Cc2c(ccc(Oc3ccnc(Nc4cccc(OCCN5CCSCC5)c4)n3)c2F)C1. The van der Waals surface area contributed by atoms with Crippen LogP contribution in [-0.2, 0) is 6.42 Å². The number of anilines is 2. The Hall–Kier alpha value is -3.10. The Bertz CT molecular complexity index is 1200. The first-order valence-corrected chi connectivity index (χ1v) is 12.6. The van der Waals surface area contributed by atoms with Crippen LogP contribution in [0.5, 0.6) is 17.4 Å². The number of aromatic nitrogens is 2. The van der Waals surface area contributed by atoms with Gasteiger partial charge in [0.25, 0.3) is 0 Å². The van der Waals surface area contributed by atoms with Gasteiger partial charge in [0.05, 0.1) is 0 Å². The van der Waals surface area contributed by atoms with Gasteiger partial charge in [-0.15, -0.1) is 0 Å². The number of fused-ring (bicyclic) bond motifs is 1. The van der Waals surface area contributed by atoms with Crippen molar-refractivity contribution in [3.05, 3.63) is 71.2 Å². The first-order chi connectivity index (χ1) is 16.6. The lowest BCUT2D eigenvalue weighted by atomic mass is 10.1. The molecule has 5 rings (SSSR count). The van der Waals surface area contributed by atoms with Crippen molar-refractivity contribution in [3.8, 4) is 17.4 Å². The van der Waals surface area contributed by atoms with Gasteiger partial charge < -0.3 is 14.8 Å². The number of thioether (sulfide) groups is 1. The Morgan fingerprint density at radius 1 is 1.15 bits per heavy atom. The molecule has 0 radical (unpaired) electrons. The van der Waals surface area contributed by atoms with Gasteiger partial charge in [-0.1, -0.05) is 23.8 Å². The summed E-state index contributed by atoms with van der Waals surface area (Å²) in [4.78, 5) is 11.1. The van der Waals surface area contributed by atoms with E-state index < -0.39 is 0 Å². The van der Waals surface area contributed by atoms with E-state index >= 15 is 0 Å². The molecule has 2 aromatic carbocycles. The van der Waals surface area contributed by atoms with Gasteiger partial charge in [0.1, 0.15) is 12.4 Å². The summed E-state index contributed by atoms with van der Waals surface area (Å²) >= 11 is 2.01. The van der Waals surface area contributed by atoms with E-state index in [9.17, 15) is 4.39 Å². The van der Waals surface area contributed by atoms with Gasteiger partial charge in [-0.2, -0.15) is 16.7 Å². The number of nitrogens with one attached hydrogen (secondary N) is 1. The van der Waals surface area contributed by atoms with Crippen molar-refractivity contribution in [2.24, 2.45) is 0 Å². The van der Waals surface area contributed by atoms with Crippen LogP contribution in [0.1, 0.15) is 18.1 Å². The van der Waals surface area contributed by atoms with Crippen LogP contribution in [0.15, 0.2) is 54.2 Å². The summed E-state index contributed by atoms with van der Waals surface area (Å²) in [5.74, 6) is 3.58. The molecule has 0 bridgehead atoms. The summed E-state index contributed by atoms with van der Waals surface area (Å²) < 4.78 is 26.6. The summed E-state index contributed by atoms with van der Waals surface area (Å²) in [5, 5.41) is 3.17. The van der Waals surface area contributed by atoms with Gasteiger partial charge in [0, 0.05) is 60.7 Å². The first-order valence-electron chi connectivity index (χ1n) is 11.4. The van der Waals surface area contributed by atoms with Gasteiger partial charge >= 0.3 is 0 Å². The summed E-state index contributed by atoms with van der Waals surface area (Å²) in [6.07, 6.45) is 4.22. The summed E-state index contributed by atoms with van der Waals surface area (Å²) in [6.45, 7) is 5.81. The highest BCUT2D eigenvalue weighted by Crippen LogP contribution is 2.34. The molecule has 3 aromatic rings. The number of allylic oxidation sites excluding steroid dienone is 1. The molecule has 2 aliphatic rings. The maximum Gasteiger partial charge on any atom is 0.230 e. The number of nitrogens with zero attached hydrogens (tertiary/aromatic N) is 3. The molecule has 1 aliphatic heterocycles. The highest BCUT2D eigenvalue weighted by Gasteiger charge is 2.18. The Morgan fingerprint density at radius 3 is 2.91 bits per heavy atom. The zero-order valence-electron chi connectivity index (χ0n) is 19.1. The number of hydrogen-bond acceptors (Lipinski definition) is 7. The van der Waals surface area contributed by atoms with E-state index in [-0.39, 0.29) is 17.4 Å².